The zero-order valence-electron chi connectivity index (χ0n) is 9.19. The third kappa shape index (κ3) is 1.60. The zero-order valence-corrected chi connectivity index (χ0v) is 9.19. The lowest BCUT2D eigenvalue weighted by molar-refractivity contribution is 0.0688. The summed E-state index contributed by atoms with van der Waals surface area (Å²) in [5.74, 6) is -1.05. The van der Waals surface area contributed by atoms with Crippen LogP contribution in [0.4, 0.5) is 0 Å². The molecular weight excluding hydrogens is 232 g/mol. The number of carboxylic acids is 1. The van der Waals surface area contributed by atoms with E-state index in [1.54, 1.807) is 24.5 Å². The maximum atomic E-state index is 11.0. The van der Waals surface area contributed by atoms with Crippen LogP contribution in [0.15, 0.2) is 42.9 Å². The van der Waals surface area contributed by atoms with Crippen molar-refractivity contribution >= 4 is 11.6 Å². The number of aromatic carboxylic acids is 1. The number of fused-ring (bicyclic) bond motifs is 1. The minimum atomic E-state index is -1.05. The first-order chi connectivity index (χ1) is 8.75. The molecule has 6 heteroatoms. The molecule has 88 valence electrons. The zero-order chi connectivity index (χ0) is 12.5. The first-order valence-electron chi connectivity index (χ1n) is 5.24. The summed E-state index contributed by atoms with van der Waals surface area (Å²) in [7, 11) is 0. The monoisotopic (exact) mass is 240 g/mol. The Morgan fingerprint density at radius 3 is 2.67 bits per heavy atom. The number of hydrogen-bond donors (Lipinski definition) is 1. The van der Waals surface area contributed by atoms with Gasteiger partial charge in [-0.1, -0.05) is 0 Å². The van der Waals surface area contributed by atoms with Gasteiger partial charge in [0.2, 0.25) is 0 Å². The molecule has 0 aliphatic carbocycles. The second-order valence-electron chi connectivity index (χ2n) is 3.67. The SMILES string of the molecule is O=C(O)c1cnc2ccc(-c3ccncc3)nn12. The predicted molar refractivity (Wildman–Crippen MR) is 63.2 cm³/mol. The van der Waals surface area contributed by atoms with E-state index in [0.717, 1.165) is 5.56 Å². The van der Waals surface area contributed by atoms with Gasteiger partial charge in [-0.3, -0.25) is 4.98 Å². The quantitative estimate of drug-likeness (QED) is 0.734. The molecule has 0 saturated heterocycles. The van der Waals surface area contributed by atoms with E-state index in [1.165, 1.54) is 10.7 Å². The van der Waals surface area contributed by atoms with Gasteiger partial charge in [0, 0.05) is 18.0 Å². The molecule has 0 unspecified atom stereocenters. The number of aromatic nitrogens is 4. The molecule has 0 fully saturated rings. The number of carbonyl (C=O) groups is 1. The van der Waals surface area contributed by atoms with Crippen LogP contribution in [0.3, 0.4) is 0 Å². The van der Waals surface area contributed by atoms with Gasteiger partial charge in [-0.25, -0.2) is 14.3 Å². The minimum Gasteiger partial charge on any atom is -0.476 e. The number of hydrogen-bond acceptors (Lipinski definition) is 4. The Morgan fingerprint density at radius 2 is 1.94 bits per heavy atom. The van der Waals surface area contributed by atoms with E-state index < -0.39 is 5.97 Å². The summed E-state index contributed by atoms with van der Waals surface area (Å²) in [4.78, 5) is 18.9. The van der Waals surface area contributed by atoms with Gasteiger partial charge in [0.1, 0.15) is 0 Å². The maximum absolute atomic E-state index is 11.0. The van der Waals surface area contributed by atoms with Gasteiger partial charge in [-0.15, -0.1) is 0 Å². The van der Waals surface area contributed by atoms with Gasteiger partial charge in [0.15, 0.2) is 11.3 Å². The van der Waals surface area contributed by atoms with Crippen LogP contribution in [-0.4, -0.2) is 30.7 Å². The van der Waals surface area contributed by atoms with Crippen molar-refractivity contribution in [1.82, 2.24) is 19.6 Å². The molecule has 3 rings (SSSR count). The van der Waals surface area contributed by atoms with E-state index >= 15 is 0 Å². The summed E-state index contributed by atoms with van der Waals surface area (Å²) < 4.78 is 1.32. The number of rotatable bonds is 2. The molecule has 0 saturated carbocycles. The predicted octanol–water partition coefficient (Wildman–Crippen LogP) is 1.49. The molecule has 0 spiro atoms. The van der Waals surface area contributed by atoms with Crippen LogP contribution in [0, 0.1) is 0 Å². The fraction of sp³-hybridized carbons (Fsp3) is 0. The maximum Gasteiger partial charge on any atom is 0.356 e. The summed E-state index contributed by atoms with van der Waals surface area (Å²) in [5.41, 5.74) is 2.09. The lowest BCUT2D eigenvalue weighted by atomic mass is 10.2. The molecule has 6 nitrogen and oxygen atoms in total. The van der Waals surface area contributed by atoms with E-state index in [1.807, 2.05) is 12.1 Å². The number of pyridine rings is 1. The topological polar surface area (TPSA) is 80.4 Å². The minimum absolute atomic E-state index is 0.0425. The lowest BCUT2D eigenvalue weighted by Gasteiger charge is -2.01. The van der Waals surface area contributed by atoms with Crippen molar-refractivity contribution in [2.75, 3.05) is 0 Å². The Labute approximate surface area is 102 Å². The molecule has 0 radical (unpaired) electrons. The van der Waals surface area contributed by atoms with E-state index in [2.05, 4.69) is 15.1 Å². The van der Waals surface area contributed by atoms with Crippen LogP contribution in [0.2, 0.25) is 0 Å². The molecular formula is C12H8N4O2. The van der Waals surface area contributed by atoms with Gasteiger partial charge in [0.25, 0.3) is 0 Å². The van der Waals surface area contributed by atoms with Crippen LogP contribution in [0.5, 0.6) is 0 Å². The van der Waals surface area contributed by atoms with E-state index in [0.29, 0.717) is 11.3 Å². The largest absolute Gasteiger partial charge is 0.476 e. The normalized spacial score (nSPS) is 10.7. The molecule has 0 bridgehead atoms. The van der Waals surface area contributed by atoms with Gasteiger partial charge in [0.05, 0.1) is 11.9 Å². The van der Waals surface area contributed by atoms with Gasteiger partial charge >= 0.3 is 5.97 Å². The molecule has 0 aliphatic rings. The molecule has 18 heavy (non-hydrogen) atoms. The highest BCUT2D eigenvalue weighted by molar-refractivity contribution is 5.86. The average molecular weight is 240 g/mol. The highest BCUT2D eigenvalue weighted by Gasteiger charge is 2.12. The summed E-state index contributed by atoms with van der Waals surface area (Å²) in [6.07, 6.45) is 4.61. The van der Waals surface area contributed by atoms with Gasteiger partial charge in [-0.05, 0) is 24.3 Å². The van der Waals surface area contributed by atoms with E-state index in [9.17, 15) is 4.79 Å². The number of imidazole rings is 1. The Bertz CT molecular complexity index is 721. The van der Waals surface area contributed by atoms with Crippen molar-refractivity contribution in [2.45, 2.75) is 0 Å². The number of nitrogens with zero attached hydrogens (tertiary/aromatic N) is 4. The third-order valence-corrected chi connectivity index (χ3v) is 2.56. The molecule has 0 aliphatic heterocycles. The second kappa shape index (κ2) is 3.92. The van der Waals surface area contributed by atoms with Crippen molar-refractivity contribution in [2.24, 2.45) is 0 Å². The molecule has 0 atom stereocenters. The second-order valence-corrected chi connectivity index (χ2v) is 3.67. The Morgan fingerprint density at radius 1 is 1.17 bits per heavy atom. The van der Waals surface area contributed by atoms with Crippen LogP contribution in [-0.2, 0) is 0 Å². The average Bonchev–Trinajstić information content (AvgIpc) is 2.82. The van der Waals surface area contributed by atoms with Gasteiger partial charge < -0.3 is 5.11 Å². The van der Waals surface area contributed by atoms with Gasteiger partial charge in [-0.2, -0.15) is 5.10 Å². The summed E-state index contributed by atoms with van der Waals surface area (Å²) >= 11 is 0. The first kappa shape index (κ1) is 10.4. The van der Waals surface area contributed by atoms with Crippen LogP contribution < -0.4 is 0 Å². The highest BCUT2D eigenvalue weighted by atomic mass is 16.4. The Kier molecular flexibility index (Phi) is 2.26. The van der Waals surface area contributed by atoms with Crippen LogP contribution in [0.1, 0.15) is 10.5 Å². The summed E-state index contributed by atoms with van der Waals surface area (Å²) in [5, 5.41) is 13.3. The molecule has 3 heterocycles. The van der Waals surface area contributed by atoms with Crippen molar-refractivity contribution in [3.63, 3.8) is 0 Å². The number of carboxylic acid groups (broad SMARTS) is 1. The van der Waals surface area contributed by atoms with Crippen molar-refractivity contribution in [3.8, 4) is 11.3 Å². The molecule has 3 aromatic heterocycles. The molecule has 0 amide bonds. The third-order valence-electron chi connectivity index (χ3n) is 2.56. The standard InChI is InChI=1S/C12H8N4O2/c17-12(18)10-7-14-11-2-1-9(15-16(10)11)8-3-5-13-6-4-8/h1-7H,(H,17,18). The summed E-state index contributed by atoms with van der Waals surface area (Å²) in [6.45, 7) is 0. The van der Waals surface area contributed by atoms with E-state index in [-0.39, 0.29) is 5.69 Å². The van der Waals surface area contributed by atoms with Crippen molar-refractivity contribution in [1.29, 1.82) is 0 Å². The fourth-order valence-corrected chi connectivity index (χ4v) is 1.70. The summed E-state index contributed by atoms with van der Waals surface area (Å²) in [6, 6.07) is 7.15. The lowest BCUT2D eigenvalue weighted by Crippen LogP contribution is -2.05. The van der Waals surface area contributed by atoms with Crippen molar-refractivity contribution in [3.05, 3.63) is 48.5 Å². The fourth-order valence-electron chi connectivity index (χ4n) is 1.70. The Balaban J connectivity index is 2.21. The van der Waals surface area contributed by atoms with E-state index in [4.69, 9.17) is 5.11 Å². The van der Waals surface area contributed by atoms with Crippen LogP contribution >= 0.6 is 0 Å². The van der Waals surface area contributed by atoms with Crippen molar-refractivity contribution < 1.29 is 9.90 Å². The molecule has 0 aromatic carbocycles. The highest BCUT2D eigenvalue weighted by Crippen LogP contribution is 2.16. The smallest absolute Gasteiger partial charge is 0.356 e. The molecule has 3 aromatic rings. The Hall–Kier alpha value is -2.76. The molecule has 1 N–H and O–H groups in total. The van der Waals surface area contributed by atoms with Crippen LogP contribution in [0.25, 0.3) is 16.9 Å². The first-order valence-corrected chi connectivity index (χ1v) is 5.24.